The van der Waals surface area contributed by atoms with Gasteiger partial charge >= 0.3 is 12.0 Å². The van der Waals surface area contributed by atoms with Crippen molar-refractivity contribution in [3.8, 4) is 0 Å². The first-order valence-corrected chi connectivity index (χ1v) is 7.34. The molecule has 116 valence electrons. The number of amides is 2. The second-order valence-electron chi connectivity index (χ2n) is 5.67. The molecule has 0 saturated carbocycles. The molecular weight excluding hydrogens is 272 g/mol. The number of hydrogen-bond donors (Lipinski definition) is 2. The number of furan rings is 1. The van der Waals surface area contributed by atoms with Gasteiger partial charge < -0.3 is 19.7 Å². The Kier molecular flexibility index (Phi) is 5.25. The van der Waals surface area contributed by atoms with Crippen molar-refractivity contribution in [2.75, 3.05) is 13.1 Å². The number of hydrogen-bond acceptors (Lipinski definition) is 3. The fraction of sp³-hybridized carbons (Fsp3) is 0.600. The maximum Gasteiger partial charge on any atom is 0.317 e. The Balaban J connectivity index is 1.72. The van der Waals surface area contributed by atoms with Crippen molar-refractivity contribution >= 4 is 12.0 Å². The first-order chi connectivity index (χ1) is 10.0. The molecule has 6 nitrogen and oxygen atoms in total. The van der Waals surface area contributed by atoms with E-state index < -0.39 is 5.97 Å². The van der Waals surface area contributed by atoms with Crippen molar-refractivity contribution in [2.24, 2.45) is 5.92 Å². The number of nitrogens with one attached hydrogen (secondary N) is 1. The third-order valence-electron chi connectivity index (χ3n) is 3.80. The smallest absolute Gasteiger partial charge is 0.317 e. The quantitative estimate of drug-likeness (QED) is 0.841. The molecule has 2 heterocycles. The lowest BCUT2D eigenvalue weighted by Gasteiger charge is -2.20. The maximum atomic E-state index is 12.1. The van der Waals surface area contributed by atoms with Crippen LogP contribution in [0.2, 0.25) is 0 Å². The molecule has 1 aromatic rings. The van der Waals surface area contributed by atoms with Crippen LogP contribution < -0.4 is 5.32 Å². The van der Waals surface area contributed by atoms with Crippen molar-refractivity contribution in [1.82, 2.24) is 10.2 Å². The molecule has 1 fully saturated rings. The average molecular weight is 294 g/mol. The first-order valence-electron chi connectivity index (χ1n) is 7.34. The van der Waals surface area contributed by atoms with Gasteiger partial charge in [0.1, 0.15) is 5.76 Å². The van der Waals surface area contributed by atoms with Crippen molar-refractivity contribution in [2.45, 2.75) is 38.6 Å². The van der Waals surface area contributed by atoms with Gasteiger partial charge in [-0.05, 0) is 37.8 Å². The second-order valence-corrected chi connectivity index (χ2v) is 5.67. The van der Waals surface area contributed by atoms with E-state index in [0.717, 1.165) is 12.2 Å². The first kappa shape index (κ1) is 15.4. The molecule has 0 aromatic carbocycles. The van der Waals surface area contributed by atoms with Gasteiger partial charge in [0, 0.05) is 32.0 Å². The molecular formula is C15H22N2O4. The molecule has 1 aromatic heterocycles. The molecule has 2 unspecified atom stereocenters. The number of aliphatic carboxylic acids is 1. The van der Waals surface area contributed by atoms with Gasteiger partial charge in [-0.1, -0.05) is 0 Å². The average Bonchev–Trinajstić information content (AvgIpc) is 3.06. The monoisotopic (exact) mass is 294 g/mol. The Morgan fingerprint density at radius 2 is 2.38 bits per heavy atom. The Morgan fingerprint density at radius 3 is 3.05 bits per heavy atom. The maximum absolute atomic E-state index is 12.1. The normalized spacial score (nSPS) is 19.5. The lowest BCUT2D eigenvalue weighted by Crippen LogP contribution is -2.43. The van der Waals surface area contributed by atoms with E-state index in [1.54, 1.807) is 11.2 Å². The van der Waals surface area contributed by atoms with Crippen molar-refractivity contribution in [3.05, 3.63) is 24.2 Å². The molecule has 2 atom stereocenters. The van der Waals surface area contributed by atoms with E-state index in [9.17, 15) is 9.59 Å². The van der Waals surface area contributed by atoms with Crippen LogP contribution in [-0.4, -0.2) is 41.1 Å². The lowest BCUT2D eigenvalue weighted by molar-refractivity contribution is -0.137. The predicted octanol–water partition coefficient (Wildman–Crippen LogP) is 2.11. The van der Waals surface area contributed by atoms with E-state index in [1.807, 2.05) is 19.1 Å². The third-order valence-corrected chi connectivity index (χ3v) is 3.80. The van der Waals surface area contributed by atoms with E-state index in [2.05, 4.69) is 5.32 Å². The summed E-state index contributed by atoms with van der Waals surface area (Å²) in [5.74, 6) is 0.376. The van der Waals surface area contributed by atoms with Crippen LogP contribution in [0.15, 0.2) is 22.8 Å². The molecule has 21 heavy (non-hydrogen) atoms. The molecule has 1 aliphatic rings. The van der Waals surface area contributed by atoms with Crippen LogP contribution in [0.25, 0.3) is 0 Å². The minimum atomic E-state index is -0.773. The Hall–Kier alpha value is -1.98. The largest absolute Gasteiger partial charge is 0.481 e. The molecule has 6 heteroatoms. The van der Waals surface area contributed by atoms with E-state index in [1.165, 1.54) is 0 Å². The van der Waals surface area contributed by atoms with Crippen molar-refractivity contribution < 1.29 is 19.1 Å². The summed E-state index contributed by atoms with van der Waals surface area (Å²) in [5.41, 5.74) is 0. The van der Waals surface area contributed by atoms with Crippen molar-refractivity contribution in [3.63, 3.8) is 0 Å². The standard InChI is InChI=1S/C15H22N2O4/c1-11(9-13-3-2-8-21-13)16-15(20)17-7-6-12(10-17)4-5-14(18)19/h2-3,8,11-12H,4-7,9-10H2,1H3,(H,16,20)(H,18,19). The number of carboxylic acids is 1. The zero-order valence-electron chi connectivity index (χ0n) is 12.2. The Morgan fingerprint density at radius 1 is 1.57 bits per heavy atom. The summed E-state index contributed by atoms with van der Waals surface area (Å²) in [6, 6.07) is 3.64. The van der Waals surface area contributed by atoms with Gasteiger partial charge in [-0.15, -0.1) is 0 Å². The van der Waals surface area contributed by atoms with Crippen molar-refractivity contribution in [1.29, 1.82) is 0 Å². The van der Waals surface area contributed by atoms with Crippen LogP contribution in [0, 0.1) is 5.92 Å². The molecule has 2 amide bonds. The van der Waals surface area contributed by atoms with Gasteiger partial charge in [0.2, 0.25) is 0 Å². The van der Waals surface area contributed by atoms with E-state index in [-0.39, 0.29) is 18.5 Å². The topological polar surface area (TPSA) is 82.8 Å². The zero-order valence-corrected chi connectivity index (χ0v) is 12.2. The number of rotatable bonds is 6. The number of carbonyl (C=O) groups excluding carboxylic acids is 1. The summed E-state index contributed by atoms with van der Waals surface area (Å²) in [4.78, 5) is 24.5. The molecule has 0 bridgehead atoms. The lowest BCUT2D eigenvalue weighted by atomic mass is 10.0. The number of nitrogens with zero attached hydrogens (tertiary/aromatic N) is 1. The van der Waals surface area contributed by atoms with Gasteiger partial charge in [0.05, 0.1) is 6.26 Å². The van der Waals surface area contributed by atoms with Crippen LogP contribution in [0.1, 0.15) is 31.9 Å². The third kappa shape index (κ3) is 4.81. The summed E-state index contributed by atoms with van der Waals surface area (Å²) >= 11 is 0. The van der Waals surface area contributed by atoms with Gasteiger partial charge in [0.15, 0.2) is 0 Å². The van der Waals surface area contributed by atoms with E-state index in [0.29, 0.717) is 31.8 Å². The van der Waals surface area contributed by atoms with Gasteiger partial charge in [-0.3, -0.25) is 4.79 Å². The van der Waals surface area contributed by atoms with Crippen LogP contribution >= 0.6 is 0 Å². The molecule has 2 N–H and O–H groups in total. The van der Waals surface area contributed by atoms with Crippen LogP contribution in [-0.2, 0) is 11.2 Å². The van der Waals surface area contributed by atoms with Crippen LogP contribution in [0.5, 0.6) is 0 Å². The zero-order chi connectivity index (χ0) is 15.2. The summed E-state index contributed by atoms with van der Waals surface area (Å²) in [6.07, 6.45) is 3.98. The molecule has 1 saturated heterocycles. The molecule has 2 rings (SSSR count). The minimum absolute atomic E-state index is 0.00159. The van der Waals surface area contributed by atoms with E-state index in [4.69, 9.17) is 9.52 Å². The summed E-state index contributed by atoms with van der Waals surface area (Å²) in [5, 5.41) is 11.6. The SMILES string of the molecule is CC(Cc1ccco1)NC(=O)N1CCC(CCC(=O)O)C1. The molecule has 0 spiro atoms. The van der Waals surface area contributed by atoms with Gasteiger partial charge in [-0.25, -0.2) is 4.79 Å². The highest BCUT2D eigenvalue weighted by atomic mass is 16.4. The number of carboxylic acid groups (broad SMARTS) is 1. The highest BCUT2D eigenvalue weighted by Crippen LogP contribution is 2.21. The summed E-state index contributed by atoms with van der Waals surface area (Å²) in [7, 11) is 0. The number of carbonyl (C=O) groups is 2. The predicted molar refractivity (Wildman–Crippen MR) is 77.0 cm³/mol. The molecule has 0 radical (unpaired) electrons. The molecule has 0 aliphatic carbocycles. The second kappa shape index (κ2) is 7.15. The summed E-state index contributed by atoms with van der Waals surface area (Å²) < 4.78 is 5.26. The Bertz CT molecular complexity index is 472. The fourth-order valence-corrected chi connectivity index (χ4v) is 2.66. The van der Waals surface area contributed by atoms with Crippen LogP contribution in [0.3, 0.4) is 0 Å². The fourth-order valence-electron chi connectivity index (χ4n) is 2.66. The number of likely N-dealkylation sites (tertiary alicyclic amines) is 1. The number of urea groups is 1. The summed E-state index contributed by atoms with van der Waals surface area (Å²) in [6.45, 7) is 3.29. The molecule has 1 aliphatic heterocycles. The Labute approximate surface area is 124 Å². The van der Waals surface area contributed by atoms with Gasteiger partial charge in [0.25, 0.3) is 0 Å². The van der Waals surface area contributed by atoms with Crippen LogP contribution in [0.4, 0.5) is 4.79 Å². The highest BCUT2D eigenvalue weighted by Gasteiger charge is 2.27. The van der Waals surface area contributed by atoms with E-state index >= 15 is 0 Å². The van der Waals surface area contributed by atoms with Gasteiger partial charge in [-0.2, -0.15) is 0 Å². The minimum Gasteiger partial charge on any atom is -0.481 e. The highest BCUT2D eigenvalue weighted by molar-refractivity contribution is 5.74.